The van der Waals surface area contributed by atoms with Crippen molar-refractivity contribution in [3.8, 4) is 23.0 Å². The van der Waals surface area contributed by atoms with Gasteiger partial charge in [-0.2, -0.15) is 5.10 Å². The molecule has 1 fully saturated rings. The van der Waals surface area contributed by atoms with Crippen molar-refractivity contribution in [3.05, 3.63) is 76.6 Å². The number of benzene rings is 2. The fourth-order valence-corrected chi connectivity index (χ4v) is 4.29. The van der Waals surface area contributed by atoms with E-state index in [1.54, 1.807) is 48.7 Å². The fourth-order valence-electron chi connectivity index (χ4n) is 3.35. The molecular formula is C26H25N3O6S. The highest BCUT2D eigenvalue weighted by Crippen LogP contribution is 2.35. The number of aromatic hydroxyl groups is 2. The summed E-state index contributed by atoms with van der Waals surface area (Å²) >= 11 is 1.18. The van der Waals surface area contributed by atoms with Crippen molar-refractivity contribution in [1.29, 1.82) is 0 Å². The summed E-state index contributed by atoms with van der Waals surface area (Å²) in [6.45, 7) is 4.67. The van der Waals surface area contributed by atoms with E-state index >= 15 is 0 Å². The standard InChI is InChI=1S/C26H25N3O6S/c1-3-33-22-12-17(7-9-20(22)30)14-24-25(32)29(16-19-6-5-11-35-19)26(36-24)28-27-15-18-8-10-21(31)23(13-18)34-4-2/h5-15,30-31H,3-4,16H2,1-2H3/b24-14-,27-15+,28-26-. The number of phenolic OH excluding ortho intramolecular Hbond substituents is 2. The Morgan fingerprint density at radius 1 is 1.00 bits per heavy atom. The van der Waals surface area contributed by atoms with Crippen LogP contribution in [0.5, 0.6) is 23.0 Å². The Labute approximate surface area is 212 Å². The number of rotatable bonds is 9. The first-order valence-corrected chi connectivity index (χ1v) is 12.1. The van der Waals surface area contributed by atoms with E-state index in [2.05, 4.69) is 10.2 Å². The second-order valence-corrected chi connectivity index (χ2v) is 8.54. The Hall–Kier alpha value is -4.18. The highest BCUT2D eigenvalue weighted by atomic mass is 32.2. The van der Waals surface area contributed by atoms with Crippen molar-refractivity contribution in [3.63, 3.8) is 0 Å². The second-order valence-electron chi connectivity index (χ2n) is 7.53. The van der Waals surface area contributed by atoms with Gasteiger partial charge in [0, 0.05) is 0 Å². The lowest BCUT2D eigenvalue weighted by atomic mass is 10.2. The summed E-state index contributed by atoms with van der Waals surface area (Å²) < 4.78 is 16.3. The molecule has 1 aromatic heterocycles. The lowest BCUT2D eigenvalue weighted by Crippen LogP contribution is -2.28. The maximum Gasteiger partial charge on any atom is 0.267 e. The number of amidine groups is 1. The van der Waals surface area contributed by atoms with E-state index in [0.29, 0.717) is 51.7 Å². The van der Waals surface area contributed by atoms with Crippen LogP contribution >= 0.6 is 11.8 Å². The number of ether oxygens (including phenoxy) is 2. The average Bonchev–Trinajstić information content (AvgIpc) is 3.48. The van der Waals surface area contributed by atoms with Crippen molar-refractivity contribution in [2.24, 2.45) is 10.2 Å². The molecule has 1 amide bonds. The molecule has 3 aromatic rings. The van der Waals surface area contributed by atoms with Crippen molar-refractivity contribution in [1.82, 2.24) is 4.90 Å². The molecule has 2 N–H and O–H groups in total. The number of hydrogen-bond donors (Lipinski definition) is 2. The number of carbonyl (C=O) groups excluding carboxylic acids is 1. The lowest BCUT2D eigenvalue weighted by Gasteiger charge is -2.12. The Morgan fingerprint density at radius 3 is 2.31 bits per heavy atom. The number of nitrogens with zero attached hydrogens (tertiary/aromatic N) is 3. The maximum atomic E-state index is 13.2. The van der Waals surface area contributed by atoms with E-state index < -0.39 is 0 Å². The van der Waals surface area contributed by atoms with Gasteiger partial charge in [-0.25, -0.2) is 0 Å². The molecule has 1 saturated heterocycles. The van der Waals surface area contributed by atoms with Crippen LogP contribution in [0.3, 0.4) is 0 Å². The van der Waals surface area contributed by atoms with Crippen LogP contribution in [0.1, 0.15) is 30.7 Å². The summed E-state index contributed by atoms with van der Waals surface area (Å²) in [6, 6.07) is 13.3. The van der Waals surface area contributed by atoms with Gasteiger partial charge in [0.25, 0.3) is 5.91 Å². The third-order valence-electron chi connectivity index (χ3n) is 5.00. The summed E-state index contributed by atoms with van der Waals surface area (Å²) in [6.07, 6.45) is 4.77. The first-order valence-electron chi connectivity index (χ1n) is 11.2. The van der Waals surface area contributed by atoms with E-state index in [4.69, 9.17) is 13.9 Å². The van der Waals surface area contributed by atoms with E-state index in [1.807, 2.05) is 13.8 Å². The number of carbonyl (C=O) groups is 1. The van der Waals surface area contributed by atoms with E-state index in [1.165, 1.54) is 35.0 Å². The molecule has 36 heavy (non-hydrogen) atoms. The van der Waals surface area contributed by atoms with E-state index in [0.717, 1.165) is 0 Å². The molecule has 0 spiro atoms. The highest BCUT2D eigenvalue weighted by Gasteiger charge is 2.34. The number of amides is 1. The number of thioether (sulfide) groups is 1. The van der Waals surface area contributed by atoms with Gasteiger partial charge in [0.15, 0.2) is 28.2 Å². The molecule has 0 aliphatic carbocycles. The van der Waals surface area contributed by atoms with Gasteiger partial charge in [-0.3, -0.25) is 9.69 Å². The number of phenols is 2. The quantitative estimate of drug-likeness (QED) is 0.238. The Bertz CT molecular complexity index is 1320. The average molecular weight is 508 g/mol. The SMILES string of the molecule is CCOc1cc(/C=C2\S/C(=N\N=C\c3ccc(O)c(OCC)c3)N(Cc3ccco3)C2=O)ccc1O. The predicted molar refractivity (Wildman–Crippen MR) is 138 cm³/mol. The minimum absolute atomic E-state index is 0.0298. The van der Waals surface area contributed by atoms with Crippen LogP contribution in [-0.4, -0.2) is 45.6 Å². The summed E-state index contributed by atoms with van der Waals surface area (Å²) in [5.74, 6) is 1.11. The van der Waals surface area contributed by atoms with Crippen LogP contribution in [-0.2, 0) is 11.3 Å². The molecule has 0 radical (unpaired) electrons. The molecule has 2 heterocycles. The number of furan rings is 1. The monoisotopic (exact) mass is 507 g/mol. The zero-order valence-electron chi connectivity index (χ0n) is 19.7. The number of hydrogen-bond acceptors (Lipinski definition) is 9. The zero-order chi connectivity index (χ0) is 25.5. The maximum absolute atomic E-state index is 13.2. The van der Waals surface area contributed by atoms with Gasteiger partial charge in [-0.15, -0.1) is 5.10 Å². The molecule has 186 valence electrons. The van der Waals surface area contributed by atoms with E-state index in [9.17, 15) is 15.0 Å². The molecule has 1 aliphatic heterocycles. The molecule has 0 saturated carbocycles. The molecule has 10 heteroatoms. The Kier molecular flexibility index (Phi) is 7.96. The van der Waals surface area contributed by atoms with Crippen molar-refractivity contribution < 1.29 is 28.9 Å². The minimum Gasteiger partial charge on any atom is -0.504 e. The van der Waals surface area contributed by atoms with Gasteiger partial charge in [0.05, 0.1) is 37.1 Å². The van der Waals surface area contributed by atoms with Crippen molar-refractivity contribution in [2.75, 3.05) is 13.2 Å². The molecule has 1 aliphatic rings. The Balaban J connectivity index is 1.61. The summed E-state index contributed by atoms with van der Waals surface area (Å²) in [5.41, 5.74) is 1.37. The van der Waals surface area contributed by atoms with Crippen LogP contribution < -0.4 is 9.47 Å². The molecule has 0 unspecified atom stereocenters. The normalized spacial score (nSPS) is 15.9. The first-order chi connectivity index (χ1) is 17.5. The predicted octanol–water partition coefficient (Wildman–Crippen LogP) is 4.99. The summed E-state index contributed by atoms with van der Waals surface area (Å²) in [7, 11) is 0. The third-order valence-corrected chi connectivity index (χ3v) is 5.99. The largest absolute Gasteiger partial charge is 0.504 e. The summed E-state index contributed by atoms with van der Waals surface area (Å²) in [4.78, 5) is 15.2. The summed E-state index contributed by atoms with van der Waals surface area (Å²) in [5, 5.41) is 28.7. The third kappa shape index (κ3) is 5.89. The second kappa shape index (κ2) is 11.5. The van der Waals surface area contributed by atoms with Crippen molar-refractivity contribution in [2.45, 2.75) is 20.4 Å². The van der Waals surface area contributed by atoms with Gasteiger partial charge in [0.2, 0.25) is 0 Å². The molecule has 9 nitrogen and oxygen atoms in total. The minimum atomic E-state index is -0.250. The smallest absolute Gasteiger partial charge is 0.267 e. The van der Waals surface area contributed by atoms with Gasteiger partial charge in [-0.05, 0) is 85.3 Å². The van der Waals surface area contributed by atoms with Gasteiger partial charge >= 0.3 is 0 Å². The molecule has 0 bridgehead atoms. The van der Waals surface area contributed by atoms with Crippen LogP contribution in [0.15, 0.2) is 74.3 Å². The van der Waals surface area contributed by atoms with Gasteiger partial charge in [-0.1, -0.05) is 6.07 Å². The van der Waals surface area contributed by atoms with Crippen molar-refractivity contribution >= 4 is 35.1 Å². The fraction of sp³-hybridized carbons (Fsp3) is 0.192. The highest BCUT2D eigenvalue weighted by molar-refractivity contribution is 8.18. The van der Waals surface area contributed by atoms with Crippen LogP contribution in [0.2, 0.25) is 0 Å². The zero-order valence-corrected chi connectivity index (χ0v) is 20.6. The molecule has 0 atom stereocenters. The van der Waals surface area contributed by atoms with Gasteiger partial charge < -0.3 is 24.1 Å². The van der Waals surface area contributed by atoms with Crippen LogP contribution in [0.25, 0.3) is 6.08 Å². The topological polar surface area (TPSA) is 117 Å². The first kappa shape index (κ1) is 24.9. The lowest BCUT2D eigenvalue weighted by molar-refractivity contribution is -0.122. The van der Waals surface area contributed by atoms with Gasteiger partial charge in [0.1, 0.15) is 5.76 Å². The van der Waals surface area contributed by atoms with Crippen LogP contribution in [0.4, 0.5) is 0 Å². The Morgan fingerprint density at radius 2 is 1.67 bits per heavy atom. The molecular weight excluding hydrogens is 482 g/mol. The van der Waals surface area contributed by atoms with Crippen LogP contribution in [0, 0.1) is 0 Å². The molecule has 2 aromatic carbocycles. The van der Waals surface area contributed by atoms with E-state index in [-0.39, 0.29) is 24.0 Å². The molecule has 4 rings (SSSR count).